The normalized spacial score (nSPS) is 18.9. The number of piperazine rings is 1. The molecule has 1 N–H and O–H groups in total. The Morgan fingerprint density at radius 2 is 2.00 bits per heavy atom. The molecule has 9 heteroatoms. The Morgan fingerprint density at radius 3 is 2.68 bits per heavy atom. The van der Waals surface area contributed by atoms with E-state index in [-0.39, 0.29) is 30.1 Å². The van der Waals surface area contributed by atoms with Gasteiger partial charge in [-0.3, -0.25) is 9.89 Å². The van der Waals surface area contributed by atoms with Gasteiger partial charge in [-0.15, -0.1) is 35.3 Å². The molecule has 1 aromatic heterocycles. The van der Waals surface area contributed by atoms with Gasteiger partial charge in [0.1, 0.15) is 0 Å². The van der Waals surface area contributed by atoms with Crippen molar-refractivity contribution in [1.82, 2.24) is 20.0 Å². The summed E-state index contributed by atoms with van der Waals surface area (Å²) in [4.78, 5) is 24.3. The lowest BCUT2D eigenvalue weighted by atomic mass is 10.1. The number of carbonyl (C=O) groups excluding carboxylic acids is 1. The molecule has 0 aromatic carbocycles. The van der Waals surface area contributed by atoms with Crippen molar-refractivity contribution in [2.75, 3.05) is 52.9 Å². The number of halogens is 1. The molecule has 28 heavy (non-hydrogen) atoms. The van der Waals surface area contributed by atoms with E-state index in [2.05, 4.69) is 38.5 Å². The summed E-state index contributed by atoms with van der Waals surface area (Å²) in [5, 5.41) is 5.73. The monoisotopic (exact) mass is 521 g/mol. The fraction of sp³-hybridized carbons (Fsp3) is 0.684. The number of hydrogen-bond acceptors (Lipinski definition) is 5. The van der Waals surface area contributed by atoms with Crippen LogP contribution in [0.2, 0.25) is 0 Å². The number of ether oxygens (including phenoxy) is 1. The summed E-state index contributed by atoms with van der Waals surface area (Å²) in [5.41, 5.74) is 1.48. The van der Waals surface area contributed by atoms with Crippen molar-refractivity contribution in [2.45, 2.75) is 32.9 Å². The van der Waals surface area contributed by atoms with E-state index in [0.717, 1.165) is 45.1 Å². The van der Waals surface area contributed by atoms with E-state index >= 15 is 0 Å². The Balaban J connectivity index is 0.00000280. The molecule has 3 heterocycles. The lowest BCUT2D eigenvalue weighted by Gasteiger charge is -2.37. The largest absolute Gasteiger partial charge is 0.450 e. The topological polar surface area (TPSA) is 60.4 Å². The van der Waals surface area contributed by atoms with E-state index in [1.807, 2.05) is 25.3 Å². The third kappa shape index (κ3) is 5.73. The van der Waals surface area contributed by atoms with Crippen LogP contribution in [0.15, 0.2) is 16.4 Å². The molecule has 1 amide bonds. The van der Waals surface area contributed by atoms with Crippen LogP contribution in [0.5, 0.6) is 0 Å². The fourth-order valence-corrected chi connectivity index (χ4v) is 4.55. The fourth-order valence-electron chi connectivity index (χ4n) is 3.66. The standard InChI is InChI=1S/C19H31N5O2S.HI/c1-4-26-19(25)23-10-8-22(9-11-23)18(20-3)21-13-15(2)24-7-5-17-16(14-24)6-12-27-17;/h6,12,15H,4-5,7-11,13-14H2,1-3H3,(H,20,21);1H. The lowest BCUT2D eigenvalue weighted by Crippen LogP contribution is -2.55. The third-order valence-corrected chi connectivity index (χ3v) is 6.36. The van der Waals surface area contributed by atoms with Crippen molar-refractivity contribution < 1.29 is 9.53 Å². The molecule has 0 radical (unpaired) electrons. The minimum Gasteiger partial charge on any atom is -0.450 e. The second-order valence-electron chi connectivity index (χ2n) is 7.04. The molecule has 1 unspecified atom stereocenters. The maximum Gasteiger partial charge on any atom is 0.409 e. The number of fused-ring (bicyclic) bond motifs is 1. The second kappa shape index (κ2) is 11.2. The van der Waals surface area contributed by atoms with E-state index < -0.39 is 0 Å². The Labute approximate surface area is 189 Å². The molecular weight excluding hydrogens is 489 g/mol. The summed E-state index contributed by atoms with van der Waals surface area (Å²) in [7, 11) is 1.82. The summed E-state index contributed by atoms with van der Waals surface area (Å²) < 4.78 is 5.09. The maximum absolute atomic E-state index is 11.8. The number of amides is 1. The average Bonchev–Trinajstić information content (AvgIpc) is 3.16. The summed E-state index contributed by atoms with van der Waals surface area (Å²) >= 11 is 1.88. The van der Waals surface area contributed by atoms with Crippen molar-refractivity contribution >= 4 is 47.4 Å². The van der Waals surface area contributed by atoms with Gasteiger partial charge >= 0.3 is 6.09 Å². The van der Waals surface area contributed by atoms with Crippen molar-refractivity contribution in [2.24, 2.45) is 4.99 Å². The number of rotatable bonds is 4. The van der Waals surface area contributed by atoms with E-state index in [1.165, 1.54) is 5.56 Å². The van der Waals surface area contributed by atoms with E-state index in [9.17, 15) is 4.79 Å². The van der Waals surface area contributed by atoms with Gasteiger partial charge in [0.25, 0.3) is 0 Å². The van der Waals surface area contributed by atoms with Crippen LogP contribution in [0.25, 0.3) is 0 Å². The zero-order valence-electron chi connectivity index (χ0n) is 17.0. The lowest BCUT2D eigenvalue weighted by molar-refractivity contribution is 0.0913. The molecule has 0 saturated carbocycles. The van der Waals surface area contributed by atoms with Crippen molar-refractivity contribution in [1.29, 1.82) is 0 Å². The van der Waals surface area contributed by atoms with Crippen LogP contribution in [0.1, 0.15) is 24.3 Å². The minimum absolute atomic E-state index is 0. The highest BCUT2D eigenvalue weighted by atomic mass is 127. The zero-order valence-corrected chi connectivity index (χ0v) is 20.2. The van der Waals surface area contributed by atoms with Crippen LogP contribution in [-0.4, -0.2) is 85.7 Å². The van der Waals surface area contributed by atoms with Gasteiger partial charge in [-0.1, -0.05) is 0 Å². The molecule has 1 fully saturated rings. The molecule has 2 aliphatic heterocycles. The molecule has 158 valence electrons. The summed E-state index contributed by atoms with van der Waals surface area (Å²) in [6, 6.07) is 2.70. The average molecular weight is 521 g/mol. The van der Waals surface area contributed by atoms with Gasteiger partial charge in [-0.05, 0) is 37.3 Å². The molecule has 0 bridgehead atoms. The minimum atomic E-state index is -0.216. The first-order valence-corrected chi connectivity index (χ1v) is 10.7. The molecule has 0 aliphatic carbocycles. The Hall–Kier alpha value is -1.07. The number of hydrogen-bond donors (Lipinski definition) is 1. The summed E-state index contributed by atoms with van der Waals surface area (Å²) in [5.74, 6) is 0.915. The van der Waals surface area contributed by atoms with E-state index in [0.29, 0.717) is 25.7 Å². The molecule has 7 nitrogen and oxygen atoms in total. The number of thiophene rings is 1. The second-order valence-corrected chi connectivity index (χ2v) is 8.04. The predicted octanol–water partition coefficient (Wildman–Crippen LogP) is 2.46. The SMILES string of the molecule is CCOC(=O)N1CCN(C(=NC)NCC(C)N2CCc3sccc3C2)CC1.I. The Bertz CT molecular complexity index is 661. The molecule has 1 saturated heterocycles. The van der Waals surface area contributed by atoms with E-state index in [1.54, 1.807) is 9.78 Å². The molecule has 1 aromatic rings. The molecule has 2 aliphatic rings. The third-order valence-electron chi connectivity index (χ3n) is 5.33. The molecular formula is C19H32IN5O2S. The van der Waals surface area contributed by atoms with Gasteiger partial charge in [0.2, 0.25) is 0 Å². The number of nitrogens with one attached hydrogen (secondary N) is 1. The van der Waals surface area contributed by atoms with Crippen LogP contribution >= 0.6 is 35.3 Å². The first-order chi connectivity index (χ1) is 13.1. The van der Waals surface area contributed by atoms with Crippen molar-refractivity contribution in [3.8, 4) is 0 Å². The summed E-state index contributed by atoms with van der Waals surface area (Å²) in [6.07, 6.45) is 0.939. The molecule has 0 spiro atoms. The van der Waals surface area contributed by atoms with Gasteiger partial charge in [-0.2, -0.15) is 0 Å². The van der Waals surface area contributed by atoms with E-state index in [4.69, 9.17) is 4.74 Å². The van der Waals surface area contributed by atoms with Gasteiger partial charge in [0, 0.05) is 63.8 Å². The first kappa shape index (κ1) is 23.2. The Kier molecular flexibility index (Phi) is 9.29. The Morgan fingerprint density at radius 1 is 1.29 bits per heavy atom. The highest BCUT2D eigenvalue weighted by molar-refractivity contribution is 14.0. The van der Waals surface area contributed by atoms with Gasteiger partial charge in [-0.25, -0.2) is 4.79 Å². The number of nitrogens with zero attached hydrogens (tertiary/aromatic N) is 4. The molecule has 1 atom stereocenters. The predicted molar refractivity (Wildman–Crippen MR) is 125 cm³/mol. The van der Waals surface area contributed by atoms with Gasteiger partial charge < -0.3 is 19.9 Å². The van der Waals surface area contributed by atoms with Gasteiger partial charge in [0.15, 0.2) is 5.96 Å². The van der Waals surface area contributed by atoms with Crippen LogP contribution in [0.4, 0.5) is 4.79 Å². The number of aliphatic imine (C=N–C) groups is 1. The van der Waals surface area contributed by atoms with Crippen LogP contribution in [0.3, 0.4) is 0 Å². The smallest absolute Gasteiger partial charge is 0.409 e. The van der Waals surface area contributed by atoms with Crippen LogP contribution < -0.4 is 5.32 Å². The number of guanidine groups is 1. The van der Waals surface area contributed by atoms with Crippen LogP contribution in [0, 0.1) is 0 Å². The highest BCUT2D eigenvalue weighted by Crippen LogP contribution is 2.24. The van der Waals surface area contributed by atoms with Crippen LogP contribution in [-0.2, 0) is 17.7 Å². The summed E-state index contributed by atoms with van der Waals surface area (Å²) in [6.45, 7) is 10.4. The van der Waals surface area contributed by atoms with Gasteiger partial charge in [0.05, 0.1) is 6.61 Å². The molecule has 3 rings (SSSR count). The highest BCUT2D eigenvalue weighted by Gasteiger charge is 2.25. The van der Waals surface area contributed by atoms with Crippen molar-refractivity contribution in [3.05, 3.63) is 21.9 Å². The van der Waals surface area contributed by atoms with Crippen molar-refractivity contribution in [3.63, 3.8) is 0 Å². The first-order valence-electron chi connectivity index (χ1n) is 9.79. The zero-order chi connectivity index (χ0) is 19.2. The maximum atomic E-state index is 11.8. The quantitative estimate of drug-likeness (QED) is 0.375. The number of carbonyl (C=O) groups is 1.